The van der Waals surface area contributed by atoms with Crippen molar-refractivity contribution in [1.82, 2.24) is 9.88 Å². The quantitative estimate of drug-likeness (QED) is 0.840. The fraction of sp³-hybridized carbons (Fsp3) is 0.471. The number of aromatic nitrogens is 1. The molecule has 0 spiro atoms. The number of aryl methyl sites for hydroxylation is 1. The monoisotopic (exact) mass is 272 g/mol. The van der Waals surface area contributed by atoms with Gasteiger partial charge in [0.05, 0.1) is 5.52 Å². The molecule has 108 valence electrons. The Morgan fingerprint density at radius 3 is 2.75 bits per heavy atom. The van der Waals surface area contributed by atoms with Crippen LogP contribution in [0.5, 0.6) is 0 Å². The first kappa shape index (κ1) is 14.8. The van der Waals surface area contributed by atoms with Crippen molar-refractivity contribution in [2.24, 2.45) is 0 Å². The van der Waals surface area contributed by atoms with Crippen molar-refractivity contribution < 1.29 is 0 Å². The Morgan fingerprint density at radius 1 is 1.20 bits per heavy atom. The van der Waals surface area contributed by atoms with Gasteiger partial charge in [-0.25, -0.2) is 0 Å². The average Bonchev–Trinajstić information content (AvgIpc) is 2.49. The zero-order valence-electron chi connectivity index (χ0n) is 12.4. The standard InChI is InChI=1S/C17H24N2O/c1-3-14(18-4-2)8-7-12-19-13-11-17(20)15-9-5-6-10-16(15)19/h5-6,9-11,13-14,18H,3-4,7-8,12H2,1-2H3. The topological polar surface area (TPSA) is 34.0 Å². The van der Waals surface area contributed by atoms with Crippen molar-refractivity contribution in [3.8, 4) is 0 Å². The van der Waals surface area contributed by atoms with Crippen molar-refractivity contribution in [3.63, 3.8) is 0 Å². The van der Waals surface area contributed by atoms with Crippen LogP contribution in [0.15, 0.2) is 41.3 Å². The van der Waals surface area contributed by atoms with Gasteiger partial charge in [0.25, 0.3) is 0 Å². The van der Waals surface area contributed by atoms with E-state index < -0.39 is 0 Å². The SMILES string of the molecule is CCNC(CC)CCCn1ccc(=O)c2ccccc21. The van der Waals surface area contributed by atoms with E-state index in [9.17, 15) is 4.79 Å². The number of hydrogen-bond acceptors (Lipinski definition) is 2. The van der Waals surface area contributed by atoms with Crippen molar-refractivity contribution >= 4 is 10.9 Å². The highest BCUT2D eigenvalue weighted by molar-refractivity contribution is 5.78. The molecule has 0 aliphatic carbocycles. The van der Waals surface area contributed by atoms with Crippen LogP contribution < -0.4 is 10.7 Å². The molecule has 0 radical (unpaired) electrons. The molecule has 3 heteroatoms. The minimum absolute atomic E-state index is 0.107. The summed E-state index contributed by atoms with van der Waals surface area (Å²) < 4.78 is 2.19. The third-order valence-corrected chi connectivity index (χ3v) is 3.82. The molecule has 0 saturated carbocycles. The van der Waals surface area contributed by atoms with Crippen molar-refractivity contribution in [3.05, 3.63) is 46.8 Å². The van der Waals surface area contributed by atoms with Gasteiger partial charge in [0.2, 0.25) is 0 Å². The Hall–Kier alpha value is -1.61. The lowest BCUT2D eigenvalue weighted by Gasteiger charge is -2.16. The molecule has 1 N–H and O–H groups in total. The zero-order valence-corrected chi connectivity index (χ0v) is 12.4. The van der Waals surface area contributed by atoms with E-state index in [2.05, 4.69) is 23.7 Å². The molecule has 0 aliphatic rings. The molecule has 2 aromatic rings. The molecule has 3 nitrogen and oxygen atoms in total. The molecule has 1 aromatic carbocycles. The Bertz CT molecular complexity index is 603. The average molecular weight is 272 g/mol. The molecule has 1 atom stereocenters. The summed E-state index contributed by atoms with van der Waals surface area (Å²) in [4.78, 5) is 11.8. The number of hydrogen-bond donors (Lipinski definition) is 1. The lowest BCUT2D eigenvalue weighted by atomic mass is 10.1. The second kappa shape index (κ2) is 7.25. The van der Waals surface area contributed by atoms with Gasteiger partial charge in [-0.15, -0.1) is 0 Å². The molecular formula is C17H24N2O. The number of benzene rings is 1. The van der Waals surface area contributed by atoms with Crippen LogP contribution in [0.25, 0.3) is 10.9 Å². The highest BCUT2D eigenvalue weighted by Crippen LogP contribution is 2.11. The number of nitrogens with zero attached hydrogens (tertiary/aromatic N) is 1. The second-order valence-corrected chi connectivity index (χ2v) is 5.20. The van der Waals surface area contributed by atoms with Gasteiger partial charge in [0.15, 0.2) is 5.43 Å². The maximum absolute atomic E-state index is 11.8. The molecule has 1 unspecified atom stereocenters. The van der Waals surface area contributed by atoms with Gasteiger partial charge < -0.3 is 9.88 Å². The summed E-state index contributed by atoms with van der Waals surface area (Å²) in [6.07, 6.45) is 5.38. The molecule has 0 amide bonds. The first-order valence-corrected chi connectivity index (χ1v) is 7.57. The first-order valence-electron chi connectivity index (χ1n) is 7.57. The predicted octanol–water partition coefficient (Wildman–Crippen LogP) is 3.17. The number of nitrogens with one attached hydrogen (secondary N) is 1. The van der Waals surface area contributed by atoms with E-state index in [1.165, 1.54) is 12.8 Å². The van der Waals surface area contributed by atoms with Crippen LogP contribution in [-0.4, -0.2) is 17.2 Å². The lowest BCUT2D eigenvalue weighted by Crippen LogP contribution is -2.28. The van der Waals surface area contributed by atoms with E-state index in [-0.39, 0.29) is 5.43 Å². The predicted molar refractivity (Wildman–Crippen MR) is 85.2 cm³/mol. The van der Waals surface area contributed by atoms with Crippen LogP contribution in [0.3, 0.4) is 0 Å². The summed E-state index contributed by atoms with van der Waals surface area (Å²) in [5.41, 5.74) is 1.15. The second-order valence-electron chi connectivity index (χ2n) is 5.20. The minimum atomic E-state index is 0.107. The van der Waals surface area contributed by atoms with Crippen LogP contribution >= 0.6 is 0 Å². The van der Waals surface area contributed by atoms with E-state index in [1.54, 1.807) is 6.07 Å². The largest absolute Gasteiger partial charge is 0.347 e. The number of pyridine rings is 1. The van der Waals surface area contributed by atoms with E-state index >= 15 is 0 Å². The Morgan fingerprint density at radius 2 is 2.00 bits per heavy atom. The van der Waals surface area contributed by atoms with Crippen molar-refractivity contribution in [1.29, 1.82) is 0 Å². The Kier molecular flexibility index (Phi) is 5.36. The highest BCUT2D eigenvalue weighted by Gasteiger charge is 2.05. The van der Waals surface area contributed by atoms with E-state index in [4.69, 9.17) is 0 Å². The number of rotatable bonds is 7. The van der Waals surface area contributed by atoms with E-state index in [0.717, 1.165) is 30.4 Å². The molecule has 20 heavy (non-hydrogen) atoms. The summed E-state index contributed by atoms with van der Waals surface area (Å²) in [7, 11) is 0. The van der Waals surface area contributed by atoms with Crippen LogP contribution in [-0.2, 0) is 6.54 Å². The molecule has 0 aliphatic heterocycles. The molecule has 1 heterocycles. The normalized spacial score (nSPS) is 12.7. The van der Waals surface area contributed by atoms with Crippen molar-refractivity contribution in [2.45, 2.75) is 45.7 Å². The fourth-order valence-electron chi connectivity index (χ4n) is 2.70. The molecule has 1 aromatic heterocycles. The van der Waals surface area contributed by atoms with Crippen LogP contribution in [0.2, 0.25) is 0 Å². The van der Waals surface area contributed by atoms with Gasteiger partial charge in [-0.05, 0) is 37.9 Å². The summed E-state index contributed by atoms with van der Waals surface area (Å²) in [6, 6.07) is 10.1. The van der Waals surface area contributed by atoms with Gasteiger partial charge in [-0.3, -0.25) is 4.79 Å². The molecule has 0 bridgehead atoms. The van der Waals surface area contributed by atoms with Gasteiger partial charge in [0.1, 0.15) is 0 Å². The summed E-state index contributed by atoms with van der Waals surface area (Å²) in [5.74, 6) is 0. The van der Waals surface area contributed by atoms with E-state index in [1.807, 2.05) is 30.5 Å². The maximum atomic E-state index is 11.8. The van der Waals surface area contributed by atoms with Crippen LogP contribution in [0.4, 0.5) is 0 Å². The van der Waals surface area contributed by atoms with Crippen LogP contribution in [0, 0.1) is 0 Å². The molecule has 0 fully saturated rings. The summed E-state index contributed by atoms with van der Waals surface area (Å²) in [5, 5.41) is 4.32. The fourth-order valence-corrected chi connectivity index (χ4v) is 2.70. The van der Waals surface area contributed by atoms with Gasteiger partial charge >= 0.3 is 0 Å². The lowest BCUT2D eigenvalue weighted by molar-refractivity contribution is 0.451. The number of para-hydroxylation sites is 1. The van der Waals surface area contributed by atoms with Crippen LogP contribution in [0.1, 0.15) is 33.1 Å². The summed E-state index contributed by atoms with van der Waals surface area (Å²) in [6.45, 7) is 6.36. The third kappa shape index (κ3) is 3.48. The van der Waals surface area contributed by atoms with E-state index in [0.29, 0.717) is 6.04 Å². The molecule has 0 saturated heterocycles. The Balaban J connectivity index is 2.07. The summed E-state index contributed by atoms with van der Waals surface area (Å²) >= 11 is 0. The third-order valence-electron chi connectivity index (χ3n) is 3.82. The number of fused-ring (bicyclic) bond motifs is 1. The highest BCUT2D eigenvalue weighted by atomic mass is 16.1. The van der Waals surface area contributed by atoms with Gasteiger partial charge in [-0.1, -0.05) is 26.0 Å². The van der Waals surface area contributed by atoms with Gasteiger partial charge in [-0.2, -0.15) is 0 Å². The molecule has 2 rings (SSSR count). The Labute approximate surface area is 120 Å². The first-order chi connectivity index (χ1) is 9.76. The molecular weight excluding hydrogens is 248 g/mol. The van der Waals surface area contributed by atoms with Gasteiger partial charge in [0, 0.05) is 30.2 Å². The van der Waals surface area contributed by atoms with Crippen molar-refractivity contribution in [2.75, 3.05) is 6.54 Å². The minimum Gasteiger partial charge on any atom is -0.347 e. The maximum Gasteiger partial charge on any atom is 0.189 e. The zero-order chi connectivity index (χ0) is 14.4. The smallest absolute Gasteiger partial charge is 0.189 e.